The lowest BCUT2D eigenvalue weighted by Gasteiger charge is -2.26. The largest absolute Gasteiger partial charge is 0.409 e. The molecule has 1 aromatic heterocycles. The minimum Gasteiger partial charge on any atom is -0.409 e. The third-order valence-corrected chi connectivity index (χ3v) is 2.62. The molecule has 3 N–H and O–H groups in total. The van der Waals surface area contributed by atoms with E-state index in [1.165, 1.54) is 6.20 Å². The van der Waals surface area contributed by atoms with Crippen LogP contribution in [-0.2, 0) is 0 Å². The van der Waals surface area contributed by atoms with Crippen molar-refractivity contribution in [2.45, 2.75) is 33.2 Å². The average Bonchev–Trinajstić information content (AvgIpc) is 2.38. The molecule has 1 rings (SSSR count). The molecule has 19 heavy (non-hydrogen) atoms. The Kier molecular flexibility index (Phi) is 5.23. The zero-order valence-corrected chi connectivity index (χ0v) is 11.4. The minimum atomic E-state index is -0.215. The van der Waals surface area contributed by atoms with Crippen molar-refractivity contribution < 1.29 is 10.0 Å². The zero-order valence-electron chi connectivity index (χ0n) is 11.4. The molecule has 0 aliphatic carbocycles. The van der Waals surface area contributed by atoms with Gasteiger partial charge in [0.2, 0.25) is 0 Å². The molecule has 7 heteroatoms. The molecule has 0 bridgehead atoms. The van der Waals surface area contributed by atoms with Gasteiger partial charge in [-0.25, -0.2) is 4.98 Å². The molecule has 1 amide bonds. The van der Waals surface area contributed by atoms with E-state index in [4.69, 9.17) is 10.9 Å². The second-order valence-electron chi connectivity index (χ2n) is 4.48. The van der Waals surface area contributed by atoms with Crippen molar-refractivity contribution in [2.24, 2.45) is 10.9 Å². The van der Waals surface area contributed by atoms with E-state index < -0.39 is 0 Å². The van der Waals surface area contributed by atoms with Crippen LogP contribution in [0.15, 0.2) is 17.5 Å². The van der Waals surface area contributed by atoms with Gasteiger partial charge in [-0.1, -0.05) is 5.16 Å². The Morgan fingerprint density at radius 3 is 2.63 bits per heavy atom. The van der Waals surface area contributed by atoms with E-state index in [9.17, 15) is 4.79 Å². The van der Waals surface area contributed by atoms with Gasteiger partial charge in [-0.2, -0.15) is 0 Å². The number of oxime groups is 1. The lowest BCUT2D eigenvalue weighted by molar-refractivity contribution is 0.0704. The van der Waals surface area contributed by atoms with Crippen molar-refractivity contribution in [3.05, 3.63) is 23.8 Å². The van der Waals surface area contributed by atoms with Crippen molar-refractivity contribution in [3.63, 3.8) is 0 Å². The monoisotopic (exact) mass is 265 g/mol. The van der Waals surface area contributed by atoms with Crippen LogP contribution in [0.5, 0.6) is 0 Å². The Hall–Kier alpha value is -2.18. The molecule has 0 radical (unpaired) electrons. The number of carbonyl (C=O) groups is 1. The first-order valence-corrected chi connectivity index (χ1v) is 6.01. The summed E-state index contributed by atoms with van der Waals surface area (Å²) in [6.45, 7) is 5.96. The van der Waals surface area contributed by atoms with Crippen LogP contribution < -0.4 is 5.73 Å². The molecule has 0 fully saturated rings. The van der Waals surface area contributed by atoms with Crippen molar-refractivity contribution in [3.8, 4) is 0 Å². The topological polar surface area (TPSA) is 105 Å². The number of amides is 1. The second kappa shape index (κ2) is 6.67. The van der Waals surface area contributed by atoms with Crippen molar-refractivity contribution in [1.82, 2.24) is 14.9 Å². The van der Waals surface area contributed by atoms with Crippen molar-refractivity contribution >= 4 is 11.7 Å². The Labute approximate surface area is 112 Å². The molecule has 0 saturated carbocycles. The van der Waals surface area contributed by atoms with Crippen molar-refractivity contribution in [2.75, 3.05) is 6.54 Å². The normalized spacial score (nSPS) is 11.7. The van der Waals surface area contributed by atoms with E-state index >= 15 is 0 Å². The number of amidine groups is 1. The van der Waals surface area contributed by atoms with Crippen LogP contribution in [0.3, 0.4) is 0 Å². The van der Waals surface area contributed by atoms with Crippen LogP contribution in [0.1, 0.15) is 36.5 Å². The van der Waals surface area contributed by atoms with E-state index in [1.54, 1.807) is 18.0 Å². The number of aromatic nitrogens is 2. The molecule has 0 saturated heterocycles. The van der Waals surface area contributed by atoms with Gasteiger partial charge in [0.05, 0.1) is 11.9 Å². The first kappa shape index (κ1) is 14.9. The Morgan fingerprint density at radius 2 is 2.16 bits per heavy atom. The van der Waals surface area contributed by atoms with E-state index in [0.717, 1.165) is 5.69 Å². The van der Waals surface area contributed by atoms with Gasteiger partial charge in [-0.15, -0.1) is 0 Å². The number of rotatable bonds is 5. The third-order valence-electron chi connectivity index (χ3n) is 2.62. The highest BCUT2D eigenvalue weighted by Crippen LogP contribution is 2.07. The maximum atomic E-state index is 12.3. The minimum absolute atomic E-state index is 0.0119. The van der Waals surface area contributed by atoms with Gasteiger partial charge in [-0.05, 0) is 20.8 Å². The predicted molar refractivity (Wildman–Crippen MR) is 71.0 cm³/mol. The highest BCUT2D eigenvalue weighted by Gasteiger charge is 2.20. The summed E-state index contributed by atoms with van der Waals surface area (Å²) >= 11 is 0. The standard InChI is InChI=1S/C12H19N5O2/c1-8(2)17(5-4-11(13)16-19)12(18)10-7-14-9(3)6-15-10/h6-8,19H,4-5H2,1-3H3,(H2,13,16). The van der Waals surface area contributed by atoms with Crippen LogP contribution in [0.25, 0.3) is 0 Å². The summed E-state index contributed by atoms with van der Waals surface area (Å²) in [7, 11) is 0. The summed E-state index contributed by atoms with van der Waals surface area (Å²) in [4.78, 5) is 22.0. The van der Waals surface area contributed by atoms with Crippen LogP contribution in [-0.4, -0.2) is 44.4 Å². The lowest BCUT2D eigenvalue weighted by Crippen LogP contribution is -2.39. The van der Waals surface area contributed by atoms with Gasteiger partial charge < -0.3 is 15.8 Å². The summed E-state index contributed by atoms with van der Waals surface area (Å²) in [5.74, 6) is -0.123. The summed E-state index contributed by atoms with van der Waals surface area (Å²) in [6, 6.07) is -0.0119. The average molecular weight is 265 g/mol. The molecule has 0 spiro atoms. The number of hydrogen-bond acceptors (Lipinski definition) is 5. The molecule has 0 unspecified atom stereocenters. The highest BCUT2D eigenvalue weighted by atomic mass is 16.4. The molecule has 0 aromatic carbocycles. The Morgan fingerprint density at radius 1 is 1.47 bits per heavy atom. The predicted octanol–water partition coefficient (Wildman–Crippen LogP) is 0.772. The van der Waals surface area contributed by atoms with Crippen LogP contribution in [0.2, 0.25) is 0 Å². The lowest BCUT2D eigenvalue weighted by atomic mass is 10.2. The van der Waals surface area contributed by atoms with Gasteiger partial charge in [0.25, 0.3) is 5.91 Å². The molecule has 1 heterocycles. The molecule has 0 atom stereocenters. The fourth-order valence-corrected chi connectivity index (χ4v) is 1.53. The fraction of sp³-hybridized carbons (Fsp3) is 0.500. The van der Waals surface area contributed by atoms with E-state index in [0.29, 0.717) is 18.7 Å². The van der Waals surface area contributed by atoms with E-state index in [-0.39, 0.29) is 17.8 Å². The summed E-state index contributed by atoms with van der Waals surface area (Å²) < 4.78 is 0. The zero-order chi connectivity index (χ0) is 14.4. The molecule has 7 nitrogen and oxygen atoms in total. The number of nitrogens with zero attached hydrogens (tertiary/aromatic N) is 4. The summed E-state index contributed by atoms with van der Waals surface area (Å²) in [5, 5.41) is 11.4. The number of hydrogen-bond donors (Lipinski definition) is 2. The molecule has 104 valence electrons. The summed E-state index contributed by atoms with van der Waals surface area (Å²) in [5.41, 5.74) is 6.46. The molecule has 0 aliphatic rings. The van der Waals surface area contributed by atoms with Crippen LogP contribution in [0, 0.1) is 6.92 Å². The fourth-order valence-electron chi connectivity index (χ4n) is 1.53. The van der Waals surface area contributed by atoms with Gasteiger partial charge in [-0.3, -0.25) is 9.78 Å². The smallest absolute Gasteiger partial charge is 0.274 e. The SMILES string of the molecule is Cc1cnc(C(=O)N(CC/C(N)=N/O)C(C)C)cn1. The van der Waals surface area contributed by atoms with Gasteiger partial charge in [0.1, 0.15) is 11.5 Å². The van der Waals surface area contributed by atoms with Gasteiger partial charge >= 0.3 is 0 Å². The molecule has 0 aliphatic heterocycles. The maximum absolute atomic E-state index is 12.3. The third kappa shape index (κ3) is 4.20. The highest BCUT2D eigenvalue weighted by molar-refractivity contribution is 5.92. The van der Waals surface area contributed by atoms with Crippen LogP contribution in [0.4, 0.5) is 0 Å². The van der Waals surface area contributed by atoms with Crippen LogP contribution >= 0.6 is 0 Å². The van der Waals surface area contributed by atoms with Crippen molar-refractivity contribution in [1.29, 1.82) is 0 Å². The van der Waals surface area contributed by atoms with Gasteiger partial charge in [0, 0.05) is 25.2 Å². The Balaban J connectivity index is 2.81. The summed E-state index contributed by atoms with van der Waals surface area (Å²) in [6.07, 6.45) is 3.31. The number of aryl methyl sites for hydroxylation is 1. The molecule has 1 aromatic rings. The van der Waals surface area contributed by atoms with Gasteiger partial charge in [0.15, 0.2) is 0 Å². The molecular formula is C12H19N5O2. The molecular weight excluding hydrogens is 246 g/mol. The second-order valence-corrected chi connectivity index (χ2v) is 4.48. The number of carbonyl (C=O) groups excluding carboxylic acids is 1. The maximum Gasteiger partial charge on any atom is 0.274 e. The first-order valence-electron chi connectivity index (χ1n) is 6.01. The van der Waals surface area contributed by atoms with E-state index in [2.05, 4.69) is 15.1 Å². The number of nitrogens with two attached hydrogens (primary N) is 1. The first-order chi connectivity index (χ1) is 8.95. The quantitative estimate of drug-likeness (QED) is 0.354. The van der Waals surface area contributed by atoms with E-state index in [1.807, 2.05) is 13.8 Å². The Bertz CT molecular complexity index is 456.